The zero-order chi connectivity index (χ0) is 22.9. The highest BCUT2D eigenvalue weighted by atomic mass is 32.2. The molecule has 2 aromatic rings. The lowest BCUT2D eigenvalue weighted by atomic mass is 10.2. The molecule has 1 saturated heterocycles. The number of H-pyrrole nitrogens is 1. The number of sulfonamides is 1. The first-order valence-electron chi connectivity index (χ1n) is 9.69. The van der Waals surface area contributed by atoms with Gasteiger partial charge in [-0.2, -0.15) is 19.7 Å². The van der Waals surface area contributed by atoms with E-state index in [0.29, 0.717) is 18.8 Å². The van der Waals surface area contributed by atoms with Crippen LogP contribution >= 0.6 is 0 Å². The van der Waals surface area contributed by atoms with Crippen molar-refractivity contribution in [2.75, 3.05) is 18.4 Å². The van der Waals surface area contributed by atoms with E-state index in [1.807, 2.05) is 0 Å². The van der Waals surface area contributed by atoms with Crippen LogP contribution in [0.15, 0.2) is 49.2 Å². The zero-order valence-corrected chi connectivity index (χ0v) is 17.6. The maximum absolute atomic E-state index is 12.7. The molecule has 0 spiro atoms. The molecule has 2 aliphatic rings. The predicted molar refractivity (Wildman–Crippen MR) is 114 cm³/mol. The number of nitrogens with one attached hydrogen (secondary N) is 3. The number of aromatic amines is 1. The Morgan fingerprint density at radius 1 is 1.19 bits per heavy atom. The van der Waals surface area contributed by atoms with Gasteiger partial charge in [0.15, 0.2) is 23.7 Å². The second-order valence-corrected chi connectivity index (χ2v) is 9.16. The van der Waals surface area contributed by atoms with Crippen LogP contribution in [0.1, 0.15) is 19.3 Å². The Morgan fingerprint density at radius 3 is 2.53 bits per heavy atom. The van der Waals surface area contributed by atoms with E-state index in [2.05, 4.69) is 31.0 Å². The van der Waals surface area contributed by atoms with Crippen LogP contribution in [0.25, 0.3) is 0 Å². The number of aliphatic imine (C=N–C) groups is 1. The van der Waals surface area contributed by atoms with E-state index in [0.717, 1.165) is 23.9 Å². The number of rotatable bonds is 5. The Bertz CT molecular complexity index is 1280. The van der Waals surface area contributed by atoms with Gasteiger partial charge in [-0.05, 0) is 37.1 Å². The van der Waals surface area contributed by atoms with E-state index in [-0.39, 0.29) is 22.4 Å². The van der Waals surface area contributed by atoms with Gasteiger partial charge in [-0.15, -0.1) is 5.11 Å². The summed E-state index contributed by atoms with van der Waals surface area (Å²) in [6, 6.07) is 5.88. The number of hydrogen-bond donors (Lipinski definition) is 5. The number of fused-ring (bicyclic) bond motifs is 1. The fourth-order valence-corrected chi connectivity index (χ4v) is 5.00. The third-order valence-corrected chi connectivity index (χ3v) is 6.96. The van der Waals surface area contributed by atoms with Crippen molar-refractivity contribution in [2.24, 2.45) is 26.7 Å². The van der Waals surface area contributed by atoms with E-state index in [9.17, 15) is 13.2 Å². The van der Waals surface area contributed by atoms with Crippen molar-refractivity contribution in [3.05, 3.63) is 34.6 Å². The van der Waals surface area contributed by atoms with Gasteiger partial charge in [0.1, 0.15) is 0 Å². The van der Waals surface area contributed by atoms with E-state index < -0.39 is 21.5 Å². The first kappa shape index (κ1) is 21.5. The second kappa shape index (κ2) is 8.07. The molecule has 1 fully saturated rings. The molecule has 1 aromatic carbocycles. The minimum absolute atomic E-state index is 0.0563. The average Bonchev–Trinajstić information content (AvgIpc) is 3.09. The summed E-state index contributed by atoms with van der Waals surface area (Å²) in [6.45, 7) is 1.02. The predicted octanol–water partition coefficient (Wildman–Crippen LogP) is 0.104. The number of azo groups is 1. The van der Waals surface area contributed by atoms with Crippen LogP contribution in [0, 0.1) is 11.5 Å². The SMILES string of the molecule is N#CNC1(N)N=C(N)Nc2c(N=Nc3ccc(S(=O)(=O)N4CCCCC4)cc3)c(=O)[nH]n21. The van der Waals surface area contributed by atoms with Crippen molar-refractivity contribution in [2.45, 2.75) is 30.1 Å². The number of piperidine rings is 1. The molecule has 4 rings (SSSR count). The molecular formula is C17H21N11O3S. The molecule has 15 heteroatoms. The number of nitrogens with zero attached hydrogens (tertiary/aromatic N) is 6. The number of hydrogen-bond acceptors (Lipinski definition) is 11. The van der Waals surface area contributed by atoms with Gasteiger partial charge in [-0.1, -0.05) is 6.42 Å². The number of guanidine groups is 1. The highest BCUT2D eigenvalue weighted by Crippen LogP contribution is 2.29. The lowest BCUT2D eigenvalue weighted by molar-refractivity contribution is 0.245. The highest BCUT2D eigenvalue weighted by Gasteiger charge is 2.36. The van der Waals surface area contributed by atoms with Crippen LogP contribution < -0.4 is 27.7 Å². The quantitative estimate of drug-likeness (QED) is 0.178. The Hall–Kier alpha value is -3.74. The fraction of sp³-hybridized carbons (Fsp3) is 0.353. The molecule has 7 N–H and O–H groups in total. The van der Waals surface area contributed by atoms with Gasteiger partial charge in [0.2, 0.25) is 10.0 Å². The van der Waals surface area contributed by atoms with E-state index in [1.165, 1.54) is 28.6 Å². The first-order valence-corrected chi connectivity index (χ1v) is 11.1. The largest absolute Gasteiger partial charge is 0.369 e. The van der Waals surface area contributed by atoms with Gasteiger partial charge in [-0.25, -0.2) is 13.1 Å². The summed E-state index contributed by atoms with van der Waals surface area (Å²) in [7, 11) is -3.56. The number of aromatic nitrogens is 2. The van der Waals surface area contributed by atoms with Crippen molar-refractivity contribution in [3.63, 3.8) is 0 Å². The van der Waals surface area contributed by atoms with Gasteiger partial charge in [0.05, 0.1) is 10.6 Å². The minimum Gasteiger partial charge on any atom is -0.369 e. The second-order valence-electron chi connectivity index (χ2n) is 7.22. The maximum Gasteiger partial charge on any atom is 0.296 e. The van der Waals surface area contributed by atoms with Gasteiger partial charge >= 0.3 is 0 Å². The molecule has 1 atom stereocenters. The Morgan fingerprint density at radius 2 is 1.88 bits per heavy atom. The third-order valence-electron chi connectivity index (χ3n) is 5.05. The summed E-state index contributed by atoms with van der Waals surface area (Å²) in [5, 5.41) is 24.2. The number of anilines is 1. The summed E-state index contributed by atoms with van der Waals surface area (Å²) >= 11 is 0. The molecular weight excluding hydrogens is 438 g/mol. The molecule has 1 unspecified atom stereocenters. The van der Waals surface area contributed by atoms with Crippen LogP contribution in [0.5, 0.6) is 0 Å². The van der Waals surface area contributed by atoms with Crippen molar-refractivity contribution in [1.29, 1.82) is 5.26 Å². The van der Waals surface area contributed by atoms with Crippen LogP contribution in [-0.4, -0.2) is 41.6 Å². The molecule has 3 heterocycles. The van der Waals surface area contributed by atoms with Gasteiger partial charge in [0.25, 0.3) is 11.5 Å². The zero-order valence-electron chi connectivity index (χ0n) is 16.8. The van der Waals surface area contributed by atoms with Crippen LogP contribution in [0.3, 0.4) is 0 Å². The van der Waals surface area contributed by atoms with E-state index >= 15 is 0 Å². The van der Waals surface area contributed by atoms with Crippen molar-refractivity contribution in [3.8, 4) is 6.19 Å². The average molecular weight is 459 g/mol. The first-order chi connectivity index (χ1) is 15.2. The topological polar surface area (TPSA) is 212 Å². The Kier molecular flexibility index (Phi) is 5.42. The molecule has 0 bridgehead atoms. The number of benzene rings is 1. The van der Waals surface area contributed by atoms with E-state index in [4.69, 9.17) is 16.7 Å². The molecule has 32 heavy (non-hydrogen) atoms. The highest BCUT2D eigenvalue weighted by molar-refractivity contribution is 7.89. The number of nitrogens with two attached hydrogens (primary N) is 2. The summed E-state index contributed by atoms with van der Waals surface area (Å²) in [5.74, 6) is -1.92. The summed E-state index contributed by atoms with van der Waals surface area (Å²) < 4.78 is 28.0. The molecule has 0 amide bonds. The summed E-state index contributed by atoms with van der Waals surface area (Å²) in [4.78, 5) is 16.4. The van der Waals surface area contributed by atoms with Crippen LogP contribution in [0.4, 0.5) is 17.2 Å². The molecule has 1 aromatic heterocycles. The Balaban J connectivity index is 1.60. The third kappa shape index (κ3) is 3.82. The van der Waals surface area contributed by atoms with Crippen molar-refractivity contribution >= 4 is 33.2 Å². The summed E-state index contributed by atoms with van der Waals surface area (Å²) in [5.41, 5.74) is 11.2. The van der Waals surface area contributed by atoms with Gasteiger partial charge in [-0.3, -0.25) is 20.9 Å². The Labute approximate surface area is 182 Å². The minimum atomic E-state index is -3.56. The van der Waals surface area contributed by atoms with E-state index in [1.54, 1.807) is 6.19 Å². The molecule has 14 nitrogen and oxygen atoms in total. The maximum atomic E-state index is 12.7. The van der Waals surface area contributed by atoms with Gasteiger partial charge < -0.3 is 11.1 Å². The van der Waals surface area contributed by atoms with Crippen molar-refractivity contribution in [1.82, 2.24) is 19.4 Å². The lowest BCUT2D eigenvalue weighted by Gasteiger charge is -2.30. The molecule has 0 aliphatic carbocycles. The monoisotopic (exact) mass is 459 g/mol. The van der Waals surface area contributed by atoms with Gasteiger partial charge in [0, 0.05) is 13.1 Å². The normalized spacial score (nSPS) is 21.4. The standard InChI is InChI=1S/C17H21N11O3S/c18-10-21-17(20)23-16(19)22-14-13(15(29)26-28(14)17)25-24-11-4-6-12(7-5-11)32(30,31)27-8-2-1-3-9-27/h4-7,21H,1-3,8-9,20H2,(H,26,29)(H3,19,22,23). The lowest BCUT2D eigenvalue weighted by Crippen LogP contribution is -2.57. The molecule has 0 saturated carbocycles. The smallest absolute Gasteiger partial charge is 0.296 e. The number of nitriles is 1. The van der Waals surface area contributed by atoms with Crippen LogP contribution in [-0.2, 0) is 15.9 Å². The fourth-order valence-electron chi connectivity index (χ4n) is 3.48. The molecule has 168 valence electrons. The molecule has 0 radical (unpaired) electrons. The molecule has 2 aliphatic heterocycles. The summed E-state index contributed by atoms with van der Waals surface area (Å²) in [6.07, 6.45) is 4.37. The van der Waals surface area contributed by atoms with Crippen LogP contribution in [0.2, 0.25) is 0 Å². The van der Waals surface area contributed by atoms with Crippen molar-refractivity contribution < 1.29 is 8.42 Å².